The zero-order chi connectivity index (χ0) is 18.9. The molecule has 0 aliphatic rings. The molecule has 0 saturated carbocycles. The van der Waals surface area contributed by atoms with E-state index in [0.717, 1.165) is 17.3 Å². The highest BCUT2D eigenvalue weighted by atomic mass is 16.4. The number of hydrogen-bond donors (Lipinski definition) is 3. The first-order valence-electron chi connectivity index (χ1n) is 8.02. The number of carbonyl (C=O) groups is 2. The smallest absolute Gasteiger partial charge is 0.325 e. The molecule has 2 rings (SSSR count). The molecule has 3 N–H and O–H groups in total. The van der Waals surface area contributed by atoms with Crippen molar-refractivity contribution >= 4 is 11.9 Å². The van der Waals surface area contributed by atoms with Crippen molar-refractivity contribution < 1.29 is 14.7 Å². The zero-order valence-corrected chi connectivity index (χ0v) is 14.2. The van der Waals surface area contributed by atoms with Crippen LogP contribution in [0.25, 0.3) is 0 Å². The lowest BCUT2D eigenvalue weighted by Gasteiger charge is -2.19. The Morgan fingerprint density at radius 1 is 1.04 bits per heavy atom. The molecule has 6 heteroatoms. The minimum absolute atomic E-state index is 0.199. The van der Waals surface area contributed by atoms with Gasteiger partial charge in [0, 0.05) is 6.20 Å². The number of rotatable bonds is 7. The van der Waals surface area contributed by atoms with Crippen LogP contribution in [0.15, 0.2) is 72.4 Å². The molecular formula is C20H19N3O3. The summed E-state index contributed by atoms with van der Waals surface area (Å²) in [6.07, 6.45) is 1.13. The van der Waals surface area contributed by atoms with Gasteiger partial charge in [-0.05, 0) is 18.1 Å². The first-order valence-corrected chi connectivity index (χ1v) is 8.02. The van der Waals surface area contributed by atoms with Gasteiger partial charge in [0.15, 0.2) is 0 Å². The lowest BCUT2D eigenvalue weighted by molar-refractivity contribution is -0.138. The first kappa shape index (κ1) is 18.7. The predicted octanol–water partition coefficient (Wildman–Crippen LogP) is 2.36. The van der Waals surface area contributed by atoms with E-state index in [1.165, 1.54) is 6.92 Å². The molecule has 1 amide bonds. The van der Waals surface area contributed by atoms with Gasteiger partial charge in [0.1, 0.15) is 17.7 Å². The summed E-state index contributed by atoms with van der Waals surface area (Å²) in [7, 11) is 0. The van der Waals surface area contributed by atoms with Crippen LogP contribution in [0.5, 0.6) is 0 Å². The molecule has 1 unspecified atom stereocenters. The summed E-state index contributed by atoms with van der Waals surface area (Å²) >= 11 is 0. The van der Waals surface area contributed by atoms with E-state index < -0.39 is 24.0 Å². The van der Waals surface area contributed by atoms with Crippen LogP contribution in [-0.4, -0.2) is 23.0 Å². The molecule has 0 spiro atoms. The molecule has 6 nitrogen and oxygen atoms in total. The molecule has 0 bridgehead atoms. The number of benzene rings is 2. The Bertz CT molecular complexity index is 787. The molecule has 1 atom stereocenters. The molecule has 2 aromatic rings. The molecule has 0 radical (unpaired) electrons. The van der Waals surface area contributed by atoms with Gasteiger partial charge in [-0.25, -0.2) is 0 Å². The highest BCUT2D eigenvalue weighted by Crippen LogP contribution is 2.22. The molecule has 0 fully saturated rings. The Labute approximate surface area is 151 Å². The van der Waals surface area contributed by atoms with Crippen molar-refractivity contribution in [3.8, 4) is 6.07 Å². The summed E-state index contributed by atoms with van der Waals surface area (Å²) in [5, 5.41) is 23.5. The number of carboxylic acids is 1. The van der Waals surface area contributed by atoms with Crippen LogP contribution in [0.4, 0.5) is 0 Å². The van der Waals surface area contributed by atoms with E-state index in [1.807, 2.05) is 60.7 Å². The van der Waals surface area contributed by atoms with E-state index in [1.54, 1.807) is 6.07 Å². The monoisotopic (exact) mass is 349 g/mol. The second kappa shape index (κ2) is 9.04. The van der Waals surface area contributed by atoms with Crippen LogP contribution in [0.3, 0.4) is 0 Å². The van der Waals surface area contributed by atoms with Gasteiger partial charge < -0.3 is 15.7 Å². The Morgan fingerprint density at radius 3 is 1.96 bits per heavy atom. The van der Waals surface area contributed by atoms with Crippen molar-refractivity contribution in [1.82, 2.24) is 10.6 Å². The largest absolute Gasteiger partial charge is 0.480 e. The molecule has 2 aromatic carbocycles. The summed E-state index contributed by atoms with van der Waals surface area (Å²) < 4.78 is 0. The molecule has 132 valence electrons. The van der Waals surface area contributed by atoms with Gasteiger partial charge in [-0.1, -0.05) is 60.7 Å². The van der Waals surface area contributed by atoms with E-state index in [2.05, 4.69) is 10.6 Å². The Kier molecular flexibility index (Phi) is 6.52. The summed E-state index contributed by atoms with van der Waals surface area (Å²) in [6, 6.07) is 19.2. The fourth-order valence-corrected chi connectivity index (χ4v) is 2.29. The summed E-state index contributed by atoms with van der Waals surface area (Å²) in [4.78, 5) is 23.4. The molecule has 0 aliphatic heterocycles. The second-order valence-corrected chi connectivity index (χ2v) is 5.62. The Balaban J connectivity index is 2.25. The van der Waals surface area contributed by atoms with Gasteiger partial charge in [-0.15, -0.1) is 0 Å². The number of carbonyl (C=O) groups excluding carboxylic acids is 1. The van der Waals surface area contributed by atoms with E-state index in [0.29, 0.717) is 0 Å². The van der Waals surface area contributed by atoms with Crippen molar-refractivity contribution in [3.05, 3.63) is 83.6 Å². The maximum Gasteiger partial charge on any atom is 0.325 e. The molecule has 0 aromatic heterocycles. The average Bonchev–Trinajstić information content (AvgIpc) is 2.67. The molecule has 0 aliphatic carbocycles. The second-order valence-electron chi connectivity index (χ2n) is 5.62. The minimum Gasteiger partial charge on any atom is -0.480 e. The average molecular weight is 349 g/mol. The fourth-order valence-electron chi connectivity index (χ4n) is 2.29. The van der Waals surface area contributed by atoms with Crippen molar-refractivity contribution in [2.24, 2.45) is 0 Å². The number of nitriles is 1. The predicted molar refractivity (Wildman–Crippen MR) is 96.8 cm³/mol. The minimum atomic E-state index is -1.08. The summed E-state index contributed by atoms with van der Waals surface area (Å²) in [5.41, 5.74) is 1.54. The number of hydrogen-bond acceptors (Lipinski definition) is 4. The number of nitrogens with one attached hydrogen (secondary N) is 2. The van der Waals surface area contributed by atoms with Gasteiger partial charge in [0.05, 0.1) is 6.04 Å². The number of amides is 1. The highest BCUT2D eigenvalue weighted by Gasteiger charge is 2.19. The Hall–Kier alpha value is -3.59. The van der Waals surface area contributed by atoms with Gasteiger partial charge in [0.2, 0.25) is 0 Å². The molecular weight excluding hydrogens is 330 g/mol. The van der Waals surface area contributed by atoms with Crippen molar-refractivity contribution in [3.63, 3.8) is 0 Å². The first-order chi connectivity index (χ1) is 12.5. The third-order valence-corrected chi connectivity index (χ3v) is 3.75. The number of carboxylic acid groups (broad SMARTS) is 1. The van der Waals surface area contributed by atoms with Crippen molar-refractivity contribution in [2.45, 2.75) is 19.0 Å². The third-order valence-electron chi connectivity index (χ3n) is 3.75. The fraction of sp³-hybridized carbons (Fsp3) is 0.150. The SMILES string of the molecule is CC(N/C=C(/C#N)C(=O)NC(c1ccccc1)c1ccccc1)C(=O)O. The van der Waals surface area contributed by atoms with Gasteiger partial charge in [-0.2, -0.15) is 5.26 Å². The maximum absolute atomic E-state index is 12.5. The topological polar surface area (TPSA) is 102 Å². The summed E-state index contributed by atoms with van der Waals surface area (Å²) in [5.74, 6) is -1.67. The third kappa shape index (κ3) is 4.95. The van der Waals surface area contributed by atoms with Crippen molar-refractivity contribution in [1.29, 1.82) is 5.26 Å². The van der Waals surface area contributed by atoms with E-state index in [9.17, 15) is 14.9 Å². The van der Waals surface area contributed by atoms with Gasteiger partial charge in [0.25, 0.3) is 5.91 Å². The maximum atomic E-state index is 12.5. The van der Waals surface area contributed by atoms with Crippen LogP contribution >= 0.6 is 0 Å². The molecule has 0 saturated heterocycles. The quantitative estimate of drug-likeness (QED) is 0.526. The van der Waals surface area contributed by atoms with Crippen LogP contribution in [-0.2, 0) is 9.59 Å². The zero-order valence-electron chi connectivity index (χ0n) is 14.2. The van der Waals surface area contributed by atoms with Crippen molar-refractivity contribution in [2.75, 3.05) is 0 Å². The van der Waals surface area contributed by atoms with Crippen LogP contribution in [0, 0.1) is 11.3 Å². The van der Waals surface area contributed by atoms with Gasteiger partial charge >= 0.3 is 5.97 Å². The van der Waals surface area contributed by atoms with E-state index in [4.69, 9.17) is 5.11 Å². The Morgan fingerprint density at radius 2 is 1.54 bits per heavy atom. The van der Waals surface area contributed by atoms with Gasteiger partial charge in [-0.3, -0.25) is 9.59 Å². The standard InChI is InChI=1S/C20H19N3O3/c1-14(20(25)26)22-13-17(12-21)19(24)23-18(15-8-4-2-5-9-15)16-10-6-3-7-11-16/h2-11,13-14,18,22H,1H3,(H,23,24)(H,25,26)/b17-13-. The lowest BCUT2D eigenvalue weighted by Crippen LogP contribution is -2.33. The van der Waals surface area contributed by atoms with E-state index in [-0.39, 0.29) is 5.57 Å². The highest BCUT2D eigenvalue weighted by molar-refractivity contribution is 5.97. The van der Waals surface area contributed by atoms with Crippen LogP contribution < -0.4 is 10.6 Å². The molecule has 26 heavy (non-hydrogen) atoms. The molecule has 0 heterocycles. The van der Waals surface area contributed by atoms with Crippen LogP contribution in [0.1, 0.15) is 24.1 Å². The normalized spacial score (nSPS) is 12.1. The van der Waals surface area contributed by atoms with E-state index >= 15 is 0 Å². The number of nitrogens with zero attached hydrogens (tertiary/aromatic N) is 1. The lowest BCUT2D eigenvalue weighted by atomic mass is 9.98. The summed E-state index contributed by atoms with van der Waals surface area (Å²) in [6.45, 7) is 1.42. The van der Waals surface area contributed by atoms with Crippen LogP contribution in [0.2, 0.25) is 0 Å². The number of aliphatic carboxylic acids is 1.